The van der Waals surface area contributed by atoms with Crippen molar-refractivity contribution in [2.45, 2.75) is 50.4 Å². The highest BCUT2D eigenvalue weighted by molar-refractivity contribution is 6.07. The van der Waals surface area contributed by atoms with Crippen LogP contribution >= 0.6 is 0 Å². The fourth-order valence-electron chi connectivity index (χ4n) is 5.73. The van der Waals surface area contributed by atoms with Gasteiger partial charge in [0, 0.05) is 31.0 Å². The van der Waals surface area contributed by atoms with Gasteiger partial charge in [-0.25, -0.2) is 13.8 Å². The molecule has 1 saturated carbocycles. The number of amides is 1. The molecule has 1 aromatic carbocycles. The molecule has 6 N–H and O–H groups in total. The van der Waals surface area contributed by atoms with Crippen molar-refractivity contribution in [2.75, 3.05) is 31.4 Å². The lowest BCUT2D eigenvalue weighted by molar-refractivity contribution is -0.202. The maximum atomic E-state index is 15.5. The second-order valence-electron chi connectivity index (χ2n) is 10.8. The van der Waals surface area contributed by atoms with Gasteiger partial charge in [-0.2, -0.15) is 0 Å². The van der Waals surface area contributed by atoms with E-state index in [0.29, 0.717) is 29.7 Å². The number of hydrogen-bond acceptors (Lipinski definition) is 8. The number of pyridine rings is 2. The molecule has 0 bridgehead atoms. The average Bonchev–Trinajstić information content (AvgIpc) is 2.87. The number of nitrogens with zero attached hydrogens (tertiary/aromatic N) is 2. The third kappa shape index (κ3) is 4.94. The van der Waals surface area contributed by atoms with Gasteiger partial charge < -0.3 is 31.4 Å². The number of benzene rings is 1. The van der Waals surface area contributed by atoms with Crippen molar-refractivity contribution in [3.05, 3.63) is 70.7 Å². The molecule has 0 spiro atoms. The first kappa shape index (κ1) is 28.0. The standard InChI is InChI=1S/C29H33F2N5O4/c1-14-7-17(29(39-3)12-40-13-29)9-19(30)24(14)25-20(31)10-21(32)26(36-25)28(38)35-23-11-34-5-4-18(23)16-6-15(2)27(37)22(33)8-16/h4-5,7,9-11,15-16,22,27,37H,6,8,12-13,32-33H2,1-3H3,(H,35,38)/t15-,16+,22+,27+/m0/s1. The first-order chi connectivity index (χ1) is 19.0. The molecule has 2 fully saturated rings. The number of nitrogens with one attached hydrogen (secondary N) is 1. The summed E-state index contributed by atoms with van der Waals surface area (Å²) in [7, 11) is 1.52. The fraction of sp³-hybridized carbons (Fsp3) is 0.414. The van der Waals surface area contributed by atoms with E-state index in [1.54, 1.807) is 25.3 Å². The minimum absolute atomic E-state index is 0.0208. The number of aliphatic hydroxyl groups excluding tert-OH is 1. The van der Waals surface area contributed by atoms with Gasteiger partial charge in [0.15, 0.2) is 11.5 Å². The Balaban J connectivity index is 1.47. The second kappa shape index (κ2) is 10.8. The topological polar surface area (TPSA) is 146 Å². The van der Waals surface area contributed by atoms with E-state index < -0.39 is 35.3 Å². The molecule has 3 aromatic rings. The number of nitrogen functional groups attached to an aromatic ring is 1. The van der Waals surface area contributed by atoms with Gasteiger partial charge in [0.2, 0.25) is 0 Å². The van der Waals surface area contributed by atoms with E-state index in [9.17, 15) is 9.90 Å². The summed E-state index contributed by atoms with van der Waals surface area (Å²) in [6.45, 7) is 4.13. The smallest absolute Gasteiger partial charge is 0.276 e. The van der Waals surface area contributed by atoms with E-state index in [4.69, 9.17) is 20.9 Å². The van der Waals surface area contributed by atoms with Crippen LogP contribution in [0.2, 0.25) is 0 Å². The molecule has 0 radical (unpaired) electrons. The van der Waals surface area contributed by atoms with Crippen LogP contribution in [0, 0.1) is 24.5 Å². The fourth-order valence-corrected chi connectivity index (χ4v) is 5.73. The zero-order chi connectivity index (χ0) is 28.8. The molecule has 3 heterocycles. The normalized spacial score (nSPS) is 23.9. The van der Waals surface area contributed by atoms with E-state index in [-0.39, 0.29) is 47.7 Å². The number of rotatable bonds is 6. The number of carbonyl (C=O) groups excluding carboxylic acids is 1. The number of ether oxygens (including phenoxy) is 2. The Morgan fingerprint density at radius 3 is 2.60 bits per heavy atom. The molecular weight excluding hydrogens is 520 g/mol. The SMILES string of the molecule is COC1(c2cc(C)c(-c3nc(C(=O)Nc4cnccc4[C@H]4C[C@@H](N)[C@H](O)[C@@H](C)C4)c(N)cc3F)c(F)c2)COC1. The molecule has 11 heteroatoms. The Bertz CT molecular complexity index is 1410. The van der Waals surface area contributed by atoms with E-state index in [2.05, 4.69) is 15.3 Å². The van der Waals surface area contributed by atoms with Gasteiger partial charge in [0.05, 0.1) is 36.9 Å². The summed E-state index contributed by atoms with van der Waals surface area (Å²) in [5, 5.41) is 13.1. The van der Waals surface area contributed by atoms with Gasteiger partial charge in [-0.15, -0.1) is 0 Å². The number of carbonyl (C=O) groups is 1. The van der Waals surface area contributed by atoms with Crippen LogP contribution in [0.1, 0.15) is 52.9 Å². The van der Waals surface area contributed by atoms with Gasteiger partial charge in [-0.05, 0) is 60.4 Å². The van der Waals surface area contributed by atoms with Gasteiger partial charge >= 0.3 is 0 Å². The molecule has 2 aliphatic rings. The lowest BCUT2D eigenvalue weighted by Gasteiger charge is -2.40. The number of aromatic nitrogens is 2. The number of methoxy groups -OCH3 is 1. The highest BCUT2D eigenvalue weighted by Gasteiger charge is 2.41. The first-order valence-corrected chi connectivity index (χ1v) is 13.1. The summed E-state index contributed by atoms with van der Waals surface area (Å²) in [4.78, 5) is 21.7. The number of hydrogen-bond donors (Lipinski definition) is 4. The summed E-state index contributed by atoms with van der Waals surface area (Å²) >= 11 is 0. The Labute approximate surface area is 230 Å². The molecule has 2 aromatic heterocycles. The van der Waals surface area contributed by atoms with Crippen LogP contribution in [0.15, 0.2) is 36.7 Å². The quantitative estimate of drug-likeness (QED) is 0.362. The van der Waals surface area contributed by atoms with Crippen LogP contribution in [-0.2, 0) is 15.1 Å². The average molecular weight is 554 g/mol. The van der Waals surface area contributed by atoms with Crippen molar-refractivity contribution in [3.63, 3.8) is 0 Å². The zero-order valence-electron chi connectivity index (χ0n) is 22.6. The van der Waals surface area contributed by atoms with Gasteiger partial charge in [0.25, 0.3) is 5.91 Å². The summed E-state index contributed by atoms with van der Waals surface area (Å²) in [5.74, 6) is -2.31. The van der Waals surface area contributed by atoms with Gasteiger partial charge in [-0.1, -0.05) is 13.0 Å². The maximum Gasteiger partial charge on any atom is 0.276 e. The van der Waals surface area contributed by atoms with Crippen molar-refractivity contribution in [2.24, 2.45) is 11.7 Å². The molecule has 4 atom stereocenters. The van der Waals surface area contributed by atoms with Crippen LogP contribution < -0.4 is 16.8 Å². The number of nitrogens with two attached hydrogens (primary N) is 2. The number of aryl methyl sites for hydroxylation is 1. The van der Waals surface area contributed by atoms with Gasteiger partial charge in [0.1, 0.15) is 17.1 Å². The first-order valence-electron chi connectivity index (χ1n) is 13.1. The molecule has 9 nitrogen and oxygen atoms in total. The van der Waals surface area contributed by atoms with E-state index in [1.807, 2.05) is 6.92 Å². The molecule has 1 aliphatic carbocycles. The molecule has 40 heavy (non-hydrogen) atoms. The number of halogens is 2. The Morgan fingerprint density at radius 2 is 1.98 bits per heavy atom. The van der Waals surface area contributed by atoms with Crippen molar-refractivity contribution < 1.29 is 28.2 Å². The number of anilines is 2. The summed E-state index contributed by atoms with van der Waals surface area (Å²) in [6, 6.07) is 5.34. The van der Waals surface area contributed by atoms with Crippen LogP contribution in [0.25, 0.3) is 11.3 Å². The Morgan fingerprint density at radius 1 is 1.23 bits per heavy atom. The molecule has 1 amide bonds. The lowest BCUT2D eigenvalue weighted by Crippen LogP contribution is -2.48. The highest BCUT2D eigenvalue weighted by Crippen LogP contribution is 2.40. The van der Waals surface area contributed by atoms with Crippen LogP contribution in [-0.4, -0.2) is 53.5 Å². The number of aliphatic hydroxyl groups is 1. The molecule has 5 rings (SSSR count). The van der Waals surface area contributed by atoms with Crippen molar-refractivity contribution in [1.82, 2.24) is 9.97 Å². The predicted molar refractivity (Wildman–Crippen MR) is 146 cm³/mol. The third-order valence-electron chi connectivity index (χ3n) is 8.11. The third-order valence-corrected chi connectivity index (χ3v) is 8.11. The minimum atomic E-state index is -0.858. The second-order valence-corrected chi connectivity index (χ2v) is 10.8. The zero-order valence-corrected chi connectivity index (χ0v) is 22.6. The summed E-state index contributed by atoms with van der Waals surface area (Å²) in [5.41, 5.74) is 12.8. The van der Waals surface area contributed by atoms with E-state index in [0.717, 1.165) is 11.6 Å². The van der Waals surface area contributed by atoms with Crippen LogP contribution in [0.4, 0.5) is 20.2 Å². The van der Waals surface area contributed by atoms with Crippen LogP contribution in [0.3, 0.4) is 0 Å². The maximum absolute atomic E-state index is 15.5. The van der Waals surface area contributed by atoms with Gasteiger partial charge in [-0.3, -0.25) is 9.78 Å². The van der Waals surface area contributed by atoms with Crippen molar-refractivity contribution in [1.29, 1.82) is 0 Å². The molecule has 1 saturated heterocycles. The Hall–Kier alpha value is -3.51. The minimum Gasteiger partial charge on any atom is -0.397 e. The predicted octanol–water partition coefficient (Wildman–Crippen LogP) is 3.64. The van der Waals surface area contributed by atoms with Crippen molar-refractivity contribution in [3.8, 4) is 11.3 Å². The summed E-state index contributed by atoms with van der Waals surface area (Å²) in [6.07, 6.45) is 3.73. The molecule has 0 unspecified atom stereocenters. The van der Waals surface area contributed by atoms with Crippen molar-refractivity contribution >= 4 is 17.3 Å². The Kier molecular flexibility index (Phi) is 7.58. The molecular formula is C29H33F2N5O4. The molecule has 1 aliphatic heterocycles. The van der Waals surface area contributed by atoms with Crippen LogP contribution in [0.5, 0.6) is 0 Å². The van der Waals surface area contributed by atoms with E-state index in [1.165, 1.54) is 19.4 Å². The monoisotopic (exact) mass is 553 g/mol. The molecule has 212 valence electrons. The lowest BCUT2D eigenvalue weighted by atomic mass is 9.74. The van der Waals surface area contributed by atoms with E-state index >= 15 is 8.78 Å². The largest absolute Gasteiger partial charge is 0.397 e. The summed E-state index contributed by atoms with van der Waals surface area (Å²) < 4.78 is 41.4. The highest BCUT2D eigenvalue weighted by atomic mass is 19.1.